The molecular weight excluding hydrogens is 134 g/mol. The number of hydrogen-bond acceptors (Lipinski definition) is 1. The standard InChI is InChI=1S/C10H15N/c1-9(2)8-10-6-4-3-5-7-11-10/h3-7,9,11H,8H2,1-2H3. The Bertz CT molecular complexity index is 197. The first kappa shape index (κ1) is 8.12. The first-order valence-corrected chi connectivity index (χ1v) is 4.08. The van der Waals surface area contributed by atoms with E-state index >= 15 is 0 Å². The van der Waals surface area contributed by atoms with Gasteiger partial charge in [0.15, 0.2) is 0 Å². The van der Waals surface area contributed by atoms with E-state index in [1.54, 1.807) is 0 Å². The van der Waals surface area contributed by atoms with Gasteiger partial charge in [0.25, 0.3) is 0 Å². The molecule has 0 radical (unpaired) electrons. The third kappa shape index (κ3) is 3.08. The minimum absolute atomic E-state index is 0.716. The van der Waals surface area contributed by atoms with E-state index in [0.29, 0.717) is 5.92 Å². The van der Waals surface area contributed by atoms with Crippen LogP contribution in [0.15, 0.2) is 36.2 Å². The summed E-state index contributed by atoms with van der Waals surface area (Å²) in [6.45, 7) is 4.45. The Morgan fingerprint density at radius 3 is 2.82 bits per heavy atom. The smallest absolute Gasteiger partial charge is 0.0149 e. The second-order valence-electron chi connectivity index (χ2n) is 3.18. The number of nitrogens with one attached hydrogen (secondary N) is 1. The molecule has 11 heavy (non-hydrogen) atoms. The highest BCUT2D eigenvalue weighted by atomic mass is 14.8. The summed E-state index contributed by atoms with van der Waals surface area (Å²) in [7, 11) is 0. The second kappa shape index (κ2) is 4.02. The molecule has 1 rings (SSSR count). The van der Waals surface area contributed by atoms with Crippen molar-refractivity contribution in [3.05, 3.63) is 36.2 Å². The van der Waals surface area contributed by atoms with Crippen LogP contribution in [0.3, 0.4) is 0 Å². The molecule has 1 aliphatic rings. The number of allylic oxidation sites excluding steroid dienone is 5. The van der Waals surface area contributed by atoms with E-state index in [2.05, 4.69) is 31.3 Å². The zero-order chi connectivity index (χ0) is 8.10. The molecule has 0 unspecified atom stereocenters. The van der Waals surface area contributed by atoms with Gasteiger partial charge < -0.3 is 5.32 Å². The summed E-state index contributed by atoms with van der Waals surface area (Å²) in [4.78, 5) is 0. The van der Waals surface area contributed by atoms with Crippen LogP contribution in [-0.4, -0.2) is 0 Å². The summed E-state index contributed by atoms with van der Waals surface area (Å²) < 4.78 is 0. The summed E-state index contributed by atoms with van der Waals surface area (Å²) in [5, 5.41) is 3.23. The molecule has 0 fully saturated rings. The molecular formula is C10H15N. The van der Waals surface area contributed by atoms with Crippen LogP contribution >= 0.6 is 0 Å². The van der Waals surface area contributed by atoms with Crippen molar-refractivity contribution in [2.75, 3.05) is 0 Å². The van der Waals surface area contributed by atoms with Crippen molar-refractivity contribution in [3.63, 3.8) is 0 Å². The predicted octanol–water partition coefficient (Wildman–Crippen LogP) is 2.59. The lowest BCUT2D eigenvalue weighted by molar-refractivity contribution is 0.624. The highest BCUT2D eigenvalue weighted by molar-refractivity contribution is 5.21. The van der Waals surface area contributed by atoms with Crippen LogP contribution in [0.5, 0.6) is 0 Å². The highest BCUT2D eigenvalue weighted by Crippen LogP contribution is 2.08. The summed E-state index contributed by atoms with van der Waals surface area (Å²) in [5.41, 5.74) is 1.30. The van der Waals surface area contributed by atoms with Gasteiger partial charge in [-0.25, -0.2) is 0 Å². The third-order valence-corrected chi connectivity index (χ3v) is 1.51. The Labute approximate surface area is 68.5 Å². The van der Waals surface area contributed by atoms with Gasteiger partial charge in [0.2, 0.25) is 0 Å². The normalized spacial score (nSPS) is 16.1. The summed E-state index contributed by atoms with van der Waals surface area (Å²) in [6.07, 6.45) is 11.3. The minimum atomic E-state index is 0.716. The Kier molecular flexibility index (Phi) is 2.96. The summed E-state index contributed by atoms with van der Waals surface area (Å²) >= 11 is 0. The van der Waals surface area contributed by atoms with Crippen molar-refractivity contribution >= 4 is 0 Å². The topological polar surface area (TPSA) is 12.0 Å². The van der Waals surface area contributed by atoms with Gasteiger partial charge in [0.1, 0.15) is 0 Å². The van der Waals surface area contributed by atoms with Gasteiger partial charge in [-0.05, 0) is 24.5 Å². The zero-order valence-corrected chi connectivity index (χ0v) is 7.17. The van der Waals surface area contributed by atoms with Crippen molar-refractivity contribution < 1.29 is 0 Å². The lowest BCUT2D eigenvalue weighted by atomic mass is 10.1. The molecule has 1 nitrogen and oxygen atoms in total. The van der Waals surface area contributed by atoms with E-state index in [-0.39, 0.29) is 0 Å². The average Bonchev–Trinajstić information content (AvgIpc) is 2.14. The predicted molar refractivity (Wildman–Crippen MR) is 49.0 cm³/mol. The van der Waals surface area contributed by atoms with Crippen LogP contribution in [0, 0.1) is 5.92 Å². The van der Waals surface area contributed by atoms with Crippen LogP contribution < -0.4 is 5.32 Å². The van der Waals surface area contributed by atoms with E-state index < -0.39 is 0 Å². The fraction of sp³-hybridized carbons (Fsp3) is 0.400. The van der Waals surface area contributed by atoms with Crippen LogP contribution in [0.2, 0.25) is 0 Å². The summed E-state index contributed by atoms with van der Waals surface area (Å²) in [6, 6.07) is 0. The molecule has 0 aromatic heterocycles. The average molecular weight is 149 g/mol. The molecule has 1 aliphatic heterocycles. The maximum absolute atomic E-state index is 3.23. The first-order chi connectivity index (χ1) is 5.29. The first-order valence-electron chi connectivity index (χ1n) is 4.08. The monoisotopic (exact) mass is 149 g/mol. The molecule has 0 atom stereocenters. The minimum Gasteiger partial charge on any atom is -0.365 e. The lowest BCUT2D eigenvalue weighted by Crippen LogP contribution is -2.06. The lowest BCUT2D eigenvalue weighted by Gasteiger charge is -2.07. The molecule has 0 spiro atoms. The molecule has 0 saturated carbocycles. The maximum atomic E-state index is 3.23. The largest absolute Gasteiger partial charge is 0.365 e. The highest BCUT2D eigenvalue weighted by Gasteiger charge is 1.98. The van der Waals surface area contributed by atoms with Crippen LogP contribution in [0.4, 0.5) is 0 Å². The maximum Gasteiger partial charge on any atom is 0.0149 e. The van der Waals surface area contributed by atoms with Crippen LogP contribution in [0.1, 0.15) is 20.3 Å². The van der Waals surface area contributed by atoms with E-state index in [1.807, 2.05) is 18.4 Å². The molecule has 1 heterocycles. The number of rotatable bonds is 2. The SMILES string of the molecule is CC(C)CC1=CC=CC=CN1. The van der Waals surface area contributed by atoms with Crippen molar-refractivity contribution in [2.24, 2.45) is 5.92 Å². The molecule has 0 saturated heterocycles. The van der Waals surface area contributed by atoms with Crippen LogP contribution in [-0.2, 0) is 0 Å². The second-order valence-corrected chi connectivity index (χ2v) is 3.18. The van der Waals surface area contributed by atoms with E-state index in [9.17, 15) is 0 Å². The molecule has 60 valence electrons. The molecule has 0 aromatic rings. The van der Waals surface area contributed by atoms with Crippen molar-refractivity contribution in [2.45, 2.75) is 20.3 Å². The molecule has 1 N–H and O–H groups in total. The zero-order valence-electron chi connectivity index (χ0n) is 7.17. The molecule has 0 aromatic carbocycles. The summed E-state index contributed by atoms with van der Waals surface area (Å²) in [5.74, 6) is 0.716. The third-order valence-electron chi connectivity index (χ3n) is 1.51. The fourth-order valence-electron chi connectivity index (χ4n) is 1.06. The van der Waals surface area contributed by atoms with E-state index in [4.69, 9.17) is 0 Å². The van der Waals surface area contributed by atoms with Crippen LogP contribution in [0.25, 0.3) is 0 Å². The van der Waals surface area contributed by atoms with Gasteiger partial charge in [-0.15, -0.1) is 0 Å². The van der Waals surface area contributed by atoms with Crippen molar-refractivity contribution in [1.29, 1.82) is 0 Å². The molecule has 0 aliphatic carbocycles. The van der Waals surface area contributed by atoms with E-state index in [0.717, 1.165) is 6.42 Å². The van der Waals surface area contributed by atoms with Gasteiger partial charge in [0.05, 0.1) is 0 Å². The molecule has 0 bridgehead atoms. The Balaban J connectivity index is 2.51. The van der Waals surface area contributed by atoms with Crippen molar-refractivity contribution in [3.8, 4) is 0 Å². The Hall–Kier alpha value is -0.980. The molecule has 1 heteroatoms. The van der Waals surface area contributed by atoms with Gasteiger partial charge in [-0.1, -0.05) is 26.0 Å². The Morgan fingerprint density at radius 2 is 2.09 bits per heavy atom. The number of hydrogen-bond donors (Lipinski definition) is 1. The Morgan fingerprint density at radius 1 is 1.27 bits per heavy atom. The van der Waals surface area contributed by atoms with Gasteiger partial charge >= 0.3 is 0 Å². The van der Waals surface area contributed by atoms with Crippen molar-refractivity contribution in [1.82, 2.24) is 5.32 Å². The van der Waals surface area contributed by atoms with Gasteiger partial charge in [-0.2, -0.15) is 0 Å². The van der Waals surface area contributed by atoms with Gasteiger partial charge in [-0.3, -0.25) is 0 Å². The van der Waals surface area contributed by atoms with E-state index in [1.165, 1.54) is 5.70 Å². The quantitative estimate of drug-likeness (QED) is 0.636. The van der Waals surface area contributed by atoms with Gasteiger partial charge in [0, 0.05) is 11.9 Å². The molecule has 0 amide bonds. The fourth-order valence-corrected chi connectivity index (χ4v) is 1.06.